The van der Waals surface area contributed by atoms with Crippen molar-refractivity contribution >= 4 is 6.29 Å². The first-order chi connectivity index (χ1) is 8.29. The molecule has 0 bridgehead atoms. The molecule has 2 aromatic rings. The summed E-state index contributed by atoms with van der Waals surface area (Å²) in [6, 6.07) is 16.3. The first-order valence-corrected chi connectivity index (χ1v) is 5.88. The predicted molar refractivity (Wildman–Crippen MR) is 77.1 cm³/mol. The Bertz CT molecular complexity index is 497. The van der Waals surface area contributed by atoms with E-state index in [1.54, 1.807) is 0 Å². The van der Waals surface area contributed by atoms with Crippen LogP contribution in [0.1, 0.15) is 34.5 Å². The van der Waals surface area contributed by atoms with Crippen LogP contribution in [-0.4, -0.2) is 6.29 Å². The van der Waals surface area contributed by atoms with Crippen molar-refractivity contribution in [2.24, 2.45) is 0 Å². The third kappa shape index (κ3) is 3.56. The molecule has 0 radical (unpaired) electrons. The zero-order valence-electron chi connectivity index (χ0n) is 10.0. The Morgan fingerprint density at radius 3 is 2.22 bits per heavy atom. The molecule has 0 unspecified atom stereocenters. The molecule has 1 heteroatoms. The quantitative estimate of drug-likeness (QED) is 0.731. The lowest BCUT2D eigenvalue weighted by atomic mass is 10.0. The largest absolute Gasteiger partial charge is 0.298 e. The molecule has 0 aromatic heterocycles. The van der Waals surface area contributed by atoms with Gasteiger partial charge in [0.1, 0.15) is 6.29 Å². The highest BCUT2D eigenvalue weighted by molar-refractivity contribution is 5.74. The normalized spacial score (nSPS) is 9.61. The van der Waals surface area contributed by atoms with Crippen LogP contribution in [0.25, 0.3) is 0 Å². The molecule has 0 heterocycles. The maximum absolute atomic E-state index is 10.5. The standard InChI is InChI=1S/C16H16O.CH4/c1-13-4-2-3-5-16(13)11-10-14-6-8-15(12-17)9-7-14;/h2-9,12H,10-11H2,1H3;1H4. The average molecular weight is 240 g/mol. The van der Waals surface area contributed by atoms with Gasteiger partial charge in [-0.1, -0.05) is 56.0 Å². The van der Waals surface area contributed by atoms with Gasteiger partial charge in [-0.05, 0) is 36.5 Å². The van der Waals surface area contributed by atoms with Gasteiger partial charge < -0.3 is 0 Å². The number of aldehydes is 1. The molecule has 18 heavy (non-hydrogen) atoms. The van der Waals surface area contributed by atoms with E-state index >= 15 is 0 Å². The minimum absolute atomic E-state index is 0. The number of aryl methyl sites for hydroxylation is 3. The van der Waals surface area contributed by atoms with Crippen molar-refractivity contribution in [1.29, 1.82) is 0 Å². The van der Waals surface area contributed by atoms with Crippen LogP contribution in [-0.2, 0) is 12.8 Å². The zero-order valence-corrected chi connectivity index (χ0v) is 10.0. The molecule has 1 nitrogen and oxygen atoms in total. The van der Waals surface area contributed by atoms with E-state index in [4.69, 9.17) is 0 Å². The van der Waals surface area contributed by atoms with Crippen LogP contribution >= 0.6 is 0 Å². The van der Waals surface area contributed by atoms with E-state index in [-0.39, 0.29) is 7.43 Å². The highest BCUT2D eigenvalue weighted by Crippen LogP contribution is 2.11. The fraction of sp³-hybridized carbons (Fsp3) is 0.235. The Morgan fingerprint density at radius 2 is 1.61 bits per heavy atom. The van der Waals surface area contributed by atoms with Crippen molar-refractivity contribution in [1.82, 2.24) is 0 Å². The number of benzene rings is 2. The van der Waals surface area contributed by atoms with Crippen LogP contribution < -0.4 is 0 Å². The molecule has 94 valence electrons. The second-order valence-corrected chi connectivity index (χ2v) is 4.29. The van der Waals surface area contributed by atoms with E-state index in [0.29, 0.717) is 0 Å². The summed E-state index contributed by atoms with van der Waals surface area (Å²) >= 11 is 0. The second kappa shape index (κ2) is 6.75. The Kier molecular flexibility index (Phi) is 5.31. The molecule has 0 atom stereocenters. The first kappa shape index (κ1) is 14.2. The molecular weight excluding hydrogens is 220 g/mol. The van der Waals surface area contributed by atoms with Crippen molar-refractivity contribution in [3.05, 3.63) is 70.8 Å². The number of hydrogen-bond donors (Lipinski definition) is 0. The van der Waals surface area contributed by atoms with Crippen molar-refractivity contribution in [2.45, 2.75) is 27.2 Å². The molecule has 0 aliphatic carbocycles. The molecule has 0 N–H and O–H groups in total. The highest BCUT2D eigenvalue weighted by atomic mass is 16.1. The molecule has 0 saturated heterocycles. The summed E-state index contributed by atoms with van der Waals surface area (Å²) in [5, 5.41) is 0. The molecule has 2 rings (SSSR count). The molecule has 0 fully saturated rings. The van der Waals surface area contributed by atoms with Crippen LogP contribution in [0.3, 0.4) is 0 Å². The van der Waals surface area contributed by atoms with Gasteiger partial charge in [-0.25, -0.2) is 0 Å². The average Bonchev–Trinajstić information content (AvgIpc) is 2.38. The van der Waals surface area contributed by atoms with Crippen LogP contribution in [0, 0.1) is 6.92 Å². The summed E-state index contributed by atoms with van der Waals surface area (Å²) in [4.78, 5) is 10.5. The molecule has 2 aromatic carbocycles. The van der Waals surface area contributed by atoms with Crippen molar-refractivity contribution in [3.8, 4) is 0 Å². The van der Waals surface area contributed by atoms with Gasteiger partial charge >= 0.3 is 0 Å². The van der Waals surface area contributed by atoms with Crippen LogP contribution in [0.4, 0.5) is 0 Å². The van der Waals surface area contributed by atoms with Crippen LogP contribution in [0.2, 0.25) is 0 Å². The third-order valence-corrected chi connectivity index (χ3v) is 3.06. The van der Waals surface area contributed by atoms with E-state index < -0.39 is 0 Å². The summed E-state index contributed by atoms with van der Waals surface area (Å²) in [6.07, 6.45) is 2.95. The van der Waals surface area contributed by atoms with E-state index in [1.807, 2.05) is 24.3 Å². The Labute approximate surface area is 109 Å². The zero-order chi connectivity index (χ0) is 12.1. The van der Waals surface area contributed by atoms with Crippen molar-refractivity contribution < 1.29 is 4.79 Å². The fourth-order valence-corrected chi connectivity index (χ4v) is 1.93. The molecule has 0 aliphatic rings. The van der Waals surface area contributed by atoms with E-state index in [2.05, 4.69) is 31.2 Å². The van der Waals surface area contributed by atoms with E-state index in [0.717, 1.165) is 24.7 Å². The summed E-state index contributed by atoms with van der Waals surface area (Å²) in [6.45, 7) is 2.14. The number of carbonyl (C=O) groups is 1. The smallest absolute Gasteiger partial charge is 0.150 e. The monoisotopic (exact) mass is 240 g/mol. The lowest BCUT2D eigenvalue weighted by Gasteiger charge is -2.05. The summed E-state index contributed by atoms with van der Waals surface area (Å²) in [5.74, 6) is 0. The van der Waals surface area contributed by atoms with Gasteiger partial charge in [0.2, 0.25) is 0 Å². The number of hydrogen-bond acceptors (Lipinski definition) is 1. The topological polar surface area (TPSA) is 17.1 Å². The maximum Gasteiger partial charge on any atom is 0.150 e. The van der Waals surface area contributed by atoms with Gasteiger partial charge in [0.25, 0.3) is 0 Å². The lowest BCUT2D eigenvalue weighted by molar-refractivity contribution is 0.112. The van der Waals surface area contributed by atoms with Crippen molar-refractivity contribution in [2.75, 3.05) is 0 Å². The van der Waals surface area contributed by atoms with E-state index in [1.165, 1.54) is 16.7 Å². The summed E-state index contributed by atoms with van der Waals surface area (Å²) in [5.41, 5.74) is 4.76. The fourth-order valence-electron chi connectivity index (χ4n) is 1.93. The Balaban J connectivity index is 0.00000162. The van der Waals surface area contributed by atoms with Gasteiger partial charge in [0.15, 0.2) is 0 Å². The highest BCUT2D eigenvalue weighted by Gasteiger charge is 1.98. The van der Waals surface area contributed by atoms with Gasteiger partial charge in [-0.3, -0.25) is 4.79 Å². The minimum atomic E-state index is 0. The van der Waals surface area contributed by atoms with Crippen molar-refractivity contribution in [3.63, 3.8) is 0 Å². The molecule has 0 saturated carbocycles. The lowest BCUT2D eigenvalue weighted by Crippen LogP contribution is -1.94. The molecule has 0 aliphatic heterocycles. The molecule has 0 spiro atoms. The minimum Gasteiger partial charge on any atom is -0.298 e. The predicted octanol–water partition coefficient (Wildman–Crippen LogP) is 4.23. The molecule has 0 amide bonds. The second-order valence-electron chi connectivity index (χ2n) is 4.29. The molecular formula is C17H20O. The third-order valence-electron chi connectivity index (χ3n) is 3.06. The van der Waals surface area contributed by atoms with Crippen LogP contribution in [0.5, 0.6) is 0 Å². The van der Waals surface area contributed by atoms with E-state index in [9.17, 15) is 4.79 Å². The number of rotatable bonds is 4. The van der Waals surface area contributed by atoms with Gasteiger partial charge in [0, 0.05) is 5.56 Å². The number of carbonyl (C=O) groups excluding carboxylic acids is 1. The Morgan fingerprint density at radius 1 is 0.944 bits per heavy atom. The Hall–Kier alpha value is -1.89. The van der Waals surface area contributed by atoms with Gasteiger partial charge in [0.05, 0.1) is 0 Å². The van der Waals surface area contributed by atoms with Gasteiger partial charge in [-0.15, -0.1) is 0 Å². The van der Waals surface area contributed by atoms with Gasteiger partial charge in [-0.2, -0.15) is 0 Å². The summed E-state index contributed by atoms with van der Waals surface area (Å²) in [7, 11) is 0. The van der Waals surface area contributed by atoms with Crippen LogP contribution in [0.15, 0.2) is 48.5 Å². The summed E-state index contributed by atoms with van der Waals surface area (Å²) < 4.78 is 0. The maximum atomic E-state index is 10.5. The first-order valence-electron chi connectivity index (χ1n) is 5.88. The SMILES string of the molecule is C.Cc1ccccc1CCc1ccc(C=O)cc1.